The lowest BCUT2D eigenvalue weighted by atomic mass is 10.0. The Hall–Kier alpha value is -4.51. The van der Waals surface area contributed by atoms with Crippen LogP contribution in [0.3, 0.4) is 0 Å². The first kappa shape index (κ1) is 27.1. The summed E-state index contributed by atoms with van der Waals surface area (Å²) >= 11 is 1.41. The fourth-order valence-electron chi connectivity index (χ4n) is 4.22. The number of thiazole rings is 1. The molecule has 4 aromatic carbocycles. The Morgan fingerprint density at radius 1 is 1.00 bits per heavy atom. The highest BCUT2D eigenvalue weighted by molar-refractivity contribution is 7.18. The minimum Gasteiger partial charge on any atom is -0.485 e. The van der Waals surface area contributed by atoms with Gasteiger partial charge in [0, 0.05) is 11.8 Å². The molecule has 1 aromatic heterocycles. The zero-order chi connectivity index (χ0) is 28.4. The third kappa shape index (κ3) is 5.89. The van der Waals surface area contributed by atoms with E-state index in [-0.39, 0.29) is 24.3 Å². The van der Waals surface area contributed by atoms with Crippen LogP contribution in [0.5, 0.6) is 5.75 Å². The number of carboxylic acid groups (broad SMARTS) is 1. The fraction of sp³-hybridized carbons (Fsp3) is 0.138. The highest BCUT2D eigenvalue weighted by atomic mass is 32.1. The standard InChI is InChI=1S/C29H20F4N2O4S/c30-19-10-12-20-17(14-19)7-11-21(26(20)39-15-25-34-22-3-1-2-4-24(22)40-25)27(36)35-23(28(37)38)13-16-5-8-18(9-6-16)29(31,32)33/h1-12,14,23H,13,15H2,(H,35,36)(H,37,38)/t23-/m0/s1. The lowest BCUT2D eigenvalue weighted by Gasteiger charge is -2.18. The van der Waals surface area contributed by atoms with Gasteiger partial charge >= 0.3 is 12.1 Å². The van der Waals surface area contributed by atoms with Crippen molar-refractivity contribution < 1.29 is 37.0 Å². The molecule has 0 fully saturated rings. The van der Waals surface area contributed by atoms with E-state index in [9.17, 15) is 32.3 Å². The van der Waals surface area contributed by atoms with E-state index in [4.69, 9.17) is 4.74 Å². The third-order valence-electron chi connectivity index (χ3n) is 6.18. The number of carbonyl (C=O) groups is 2. The molecule has 1 heterocycles. The van der Waals surface area contributed by atoms with Crippen molar-refractivity contribution in [2.75, 3.05) is 0 Å². The molecule has 0 saturated heterocycles. The van der Waals surface area contributed by atoms with Crippen molar-refractivity contribution in [3.8, 4) is 5.75 Å². The summed E-state index contributed by atoms with van der Waals surface area (Å²) in [5.74, 6) is -2.50. The van der Waals surface area contributed by atoms with Gasteiger partial charge in [-0.1, -0.05) is 30.3 Å². The van der Waals surface area contributed by atoms with Crippen LogP contribution in [0.25, 0.3) is 21.0 Å². The molecule has 0 saturated carbocycles. The summed E-state index contributed by atoms with van der Waals surface area (Å²) < 4.78 is 59.5. The topological polar surface area (TPSA) is 88.5 Å². The Bertz CT molecular complexity index is 1680. The van der Waals surface area contributed by atoms with Crippen LogP contribution in [0.15, 0.2) is 78.9 Å². The molecule has 0 spiro atoms. The number of nitrogens with one attached hydrogen (secondary N) is 1. The molecule has 6 nitrogen and oxygen atoms in total. The van der Waals surface area contributed by atoms with Gasteiger partial charge in [-0.3, -0.25) is 4.79 Å². The number of aromatic nitrogens is 1. The molecule has 0 aliphatic rings. The Morgan fingerprint density at radius 3 is 2.45 bits per heavy atom. The molecule has 11 heteroatoms. The molecule has 5 rings (SSSR count). The molecule has 0 aliphatic carbocycles. The molecule has 5 aromatic rings. The number of benzene rings is 4. The van der Waals surface area contributed by atoms with Crippen LogP contribution in [0, 0.1) is 5.82 Å². The second-order valence-electron chi connectivity index (χ2n) is 8.93. The predicted octanol–water partition coefficient (Wildman–Crippen LogP) is 6.61. The van der Waals surface area contributed by atoms with Gasteiger partial charge in [-0.15, -0.1) is 11.3 Å². The Morgan fingerprint density at radius 2 is 1.75 bits per heavy atom. The van der Waals surface area contributed by atoms with E-state index in [1.807, 2.05) is 24.3 Å². The average molecular weight is 569 g/mol. The summed E-state index contributed by atoms with van der Waals surface area (Å²) in [4.78, 5) is 29.8. The lowest BCUT2D eigenvalue weighted by Crippen LogP contribution is -2.42. The number of amides is 1. The van der Waals surface area contributed by atoms with Gasteiger partial charge in [0.25, 0.3) is 5.91 Å². The van der Waals surface area contributed by atoms with E-state index < -0.39 is 35.5 Å². The highest BCUT2D eigenvalue weighted by Crippen LogP contribution is 2.33. The van der Waals surface area contributed by atoms with Crippen LogP contribution in [-0.4, -0.2) is 28.0 Å². The maximum atomic E-state index is 13.9. The summed E-state index contributed by atoms with van der Waals surface area (Å²) in [5.41, 5.74) is 0.229. The normalized spacial score (nSPS) is 12.4. The largest absolute Gasteiger partial charge is 0.485 e. The van der Waals surface area contributed by atoms with E-state index in [0.29, 0.717) is 21.3 Å². The van der Waals surface area contributed by atoms with Gasteiger partial charge in [-0.05, 0) is 59.5 Å². The first-order valence-corrected chi connectivity index (χ1v) is 12.8. The first-order chi connectivity index (χ1) is 19.1. The van der Waals surface area contributed by atoms with Gasteiger partial charge in [-0.25, -0.2) is 14.2 Å². The van der Waals surface area contributed by atoms with Crippen LogP contribution >= 0.6 is 11.3 Å². The van der Waals surface area contributed by atoms with Gasteiger partial charge in [0.15, 0.2) is 0 Å². The van der Waals surface area contributed by atoms with Crippen LogP contribution < -0.4 is 10.1 Å². The maximum Gasteiger partial charge on any atom is 0.416 e. The van der Waals surface area contributed by atoms with Crippen LogP contribution in [0.2, 0.25) is 0 Å². The first-order valence-electron chi connectivity index (χ1n) is 12.0. The van der Waals surface area contributed by atoms with Gasteiger partial charge in [0.2, 0.25) is 0 Å². The highest BCUT2D eigenvalue weighted by Gasteiger charge is 2.30. The molecule has 204 valence electrons. The molecule has 0 unspecified atom stereocenters. The van der Waals surface area contributed by atoms with Crippen molar-refractivity contribution in [1.29, 1.82) is 0 Å². The second kappa shape index (κ2) is 10.9. The van der Waals surface area contributed by atoms with Crippen molar-refractivity contribution in [1.82, 2.24) is 10.3 Å². The number of alkyl halides is 3. The van der Waals surface area contributed by atoms with E-state index in [0.717, 1.165) is 22.3 Å². The minimum absolute atomic E-state index is 0.00400. The number of fused-ring (bicyclic) bond motifs is 2. The second-order valence-corrected chi connectivity index (χ2v) is 10.1. The van der Waals surface area contributed by atoms with E-state index >= 15 is 0 Å². The van der Waals surface area contributed by atoms with Gasteiger partial charge < -0.3 is 15.2 Å². The Kier molecular flexibility index (Phi) is 7.40. The molecule has 1 atom stereocenters. The van der Waals surface area contributed by atoms with Crippen molar-refractivity contribution in [2.24, 2.45) is 0 Å². The minimum atomic E-state index is -4.53. The SMILES string of the molecule is O=C(N[C@@H](Cc1ccc(C(F)(F)F)cc1)C(=O)O)c1ccc2cc(F)ccc2c1OCc1nc2ccccc2s1. The number of rotatable bonds is 8. The molecular weight excluding hydrogens is 548 g/mol. The average Bonchev–Trinajstić information content (AvgIpc) is 3.34. The number of hydrogen-bond acceptors (Lipinski definition) is 5. The molecular formula is C29H20F4N2O4S. The molecule has 0 radical (unpaired) electrons. The van der Waals surface area contributed by atoms with Gasteiger partial charge in [0.05, 0.1) is 21.3 Å². The quantitative estimate of drug-likeness (QED) is 0.206. The summed E-state index contributed by atoms with van der Waals surface area (Å²) in [6, 6.07) is 17.0. The number of aliphatic carboxylic acids is 1. The van der Waals surface area contributed by atoms with Crippen molar-refractivity contribution in [3.63, 3.8) is 0 Å². The van der Waals surface area contributed by atoms with Crippen molar-refractivity contribution in [3.05, 3.63) is 106 Å². The summed E-state index contributed by atoms with van der Waals surface area (Å²) in [5, 5.41) is 13.7. The Balaban J connectivity index is 1.42. The lowest BCUT2D eigenvalue weighted by molar-refractivity contribution is -0.139. The predicted molar refractivity (Wildman–Crippen MR) is 142 cm³/mol. The zero-order valence-corrected chi connectivity index (χ0v) is 21.4. The number of hydrogen-bond donors (Lipinski definition) is 2. The third-order valence-corrected chi connectivity index (χ3v) is 7.19. The molecule has 0 aliphatic heterocycles. The smallest absolute Gasteiger partial charge is 0.416 e. The monoisotopic (exact) mass is 568 g/mol. The van der Waals surface area contributed by atoms with Crippen LogP contribution in [0.4, 0.5) is 17.6 Å². The summed E-state index contributed by atoms with van der Waals surface area (Å²) in [7, 11) is 0. The zero-order valence-electron chi connectivity index (χ0n) is 20.5. The number of nitrogens with zero attached hydrogens (tertiary/aromatic N) is 1. The van der Waals surface area contributed by atoms with Crippen molar-refractivity contribution >= 4 is 44.2 Å². The Labute approximate surface area is 228 Å². The van der Waals surface area contributed by atoms with Crippen molar-refractivity contribution in [2.45, 2.75) is 25.2 Å². The number of ether oxygens (including phenoxy) is 1. The number of carboxylic acids is 1. The summed E-state index contributed by atoms with van der Waals surface area (Å²) in [6.07, 6.45) is -4.78. The van der Waals surface area contributed by atoms with E-state index in [2.05, 4.69) is 10.3 Å². The number of carbonyl (C=O) groups excluding carboxylic acids is 1. The van der Waals surface area contributed by atoms with Crippen LogP contribution in [0.1, 0.15) is 26.5 Å². The molecule has 2 N–H and O–H groups in total. The molecule has 1 amide bonds. The molecule has 0 bridgehead atoms. The van der Waals surface area contributed by atoms with Gasteiger partial charge in [0.1, 0.15) is 29.2 Å². The molecule has 40 heavy (non-hydrogen) atoms. The summed E-state index contributed by atoms with van der Waals surface area (Å²) in [6.45, 7) is 0.00400. The maximum absolute atomic E-state index is 13.9. The van der Waals surface area contributed by atoms with E-state index in [1.165, 1.54) is 53.8 Å². The fourth-order valence-corrected chi connectivity index (χ4v) is 5.10. The van der Waals surface area contributed by atoms with Gasteiger partial charge in [-0.2, -0.15) is 13.2 Å². The number of para-hydroxylation sites is 1. The number of halogens is 4. The van der Waals surface area contributed by atoms with Crippen LogP contribution in [-0.2, 0) is 24.0 Å². The van der Waals surface area contributed by atoms with E-state index in [1.54, 1.807) is 0 Å².